The molecule has 0 aliphatic carbocycles. The van der Waals surface area contributed by atoms with E-state index in [0.717, 1.165) is 52.7 Å². The molecule has 0 atom stereocenters. The molecule has 0 aliphatic heterocycles. The van der Waals surface area contributed by atoms with Gasteiger partial charge in [-0.05, 0) is 87.7 Å². The van der Waals surface area contributed by atoms with Gasteiger partial charge in [-0.15, -0.1) is 0 Å². The van der Waals surface area contributed by atoms with Gasteiger partial charge >= 0.3 is 0 Å². The lowest BCUT2D eigenvalue weighted by Crippen LogP contribution is -2.27. The zero-order valence-electron chi connectivity index (χ0n) is 23.8. The summed E-state index contributed by atoms with van der Waals surface area (Å²) in [6, 6.07) is 20.4. The number of nitrogens with zero attached hydrogens (tertiary/aromatic N) is 4. The molecule has 2 aromatic carbocycles. The van der Waals surface area contributed by atoms with Crippen molar-refractivity contribution in [2.75, 3.05) is 18.9 Å². The fourth-order valence-electron chi connectivity index (χ4n) is 4.91. The van der Waals surface area contributed by atoms with Gasteiger partial charge in [0.2, 0.25) is 0 Å². The summed E-state index contributed by atoms with van der Waals surface area (Å²) in [6.45, 7) is 6.54. The number of benzene rings is 2. The molecule has 8 nitrogen and oxygen atoms in total. The Morgan fingerprint density at radius 3 is 2.44 bits per heavy atom. The van der Waals surface area contributed by atoms with Crippen LogP contribution in [0.1, 0.15) is 56.1 Å². The fourth-order valence-corrected chi connectivity index (χ4v) is 4.91. The first-order valence-corrected chi connectivity index (χ1v) is 13.7. The van der Waals surface area contributed by atoms with E-state index in [2.05, 4.69) is 21.5 Å². The molecule has 0 saturated heterocycles. The van der Waals surface area contributed by atoms with Crippen LogP contribution in [-0.4, -0.2) is 45.4 Å². The zero-order chi connectivity index (χ0) is 28.9. The van der Waals surface area contributed by atoms with E-state index in [4.69, 9.17) is 9.51 Å². The van der Waals surface area contributed by atoms with Gasteiger partial charge in [0.1, 0.15) is 5.76 Å². The van der Waals surface area contributed by atoms with Crippen LogP contribution in [0.25, 0.3) is 22.3 Å². The Hall–Kier alpha value is -4.85. The molecule has 41 heavy (non-hydrogen) atoms. The molecular weight excluding hydrogens is 514 g/mol. The third-order valence-corrected chi connectivity index (χ3v) is 7.00. The molecule has 0 saturated carbocycles. The van der Waals surface area contributed by atoms with Crippen LogP contribution in [0.15, 0.2) is 77.4 Å². The summed E-state index contributed by atoms with van der Waals surface area (Å²) in [4.78, 5) is 37.5. The average molecular weight is 548 g/mol. The highest BCUT2D eigenvalue weighted by Gasteiger charge is 2.17. The number of aryl methyl sites for hydroxylation is 4. The Balaban J connectivity index is 1.28. The molecule has 0 bridgehead atoms. The molecule has 0 radical (unpaired) electrons. The average Bonchev–Trinajstić information content (AvgIpc) is 3.40. The number of pyridine rings is 2. The molecule has 0 spiro atoms. The molecule has 0 aliphatic rings. The Morgan fingerprint density at radius 2 is 1.73 bits per heavy atom. The van der Waals surface area contributed by atoms with Crippen molar-refractivity contribution in [3.05, 3.63) is 107 Å². The number of unbranched alkanes of at least 4 members (excludes halogenated alkanes) is 1. The lowest BCUT2D eigenvalue weighted by molar-refractivity contribution is 0.0792. The van der Waals surface area contributed by atoms with Gasteiger partial charge in [0.05, 0.1) is 28.2 Å². The summed E-state index contributed by atoms with van der Waals surface area (Å²) in [6.07, 6.45) is 4.27. The minimum absolute atomic E-state index is 0.0653. The summed E-state index contributed by atoms with van der Waals surface area (Å²) in [5.41, 5.74) is 6.70. The number of hydrogen-bond donors (Lipinski definition) is 1. The summed E-state index contributed by atoms with van der Waals surface area (Å²) in [5, 5.41) is 7.69. The van der Waals surface area contributed by atoms with Crippen LogP contribution >= 0.6 is 0 Å². The van der Waals surface area contributed by atoms with Crippen LogP contribution in [0.4, 0.5) is 5.69 Å². The molecule has 3 heterocycles. The molecule has 5 aromatic rings. The number of amides is 2. The van der Waals surface area contributed by atoms with E-state index in [9.17, 15) is 9.59 Å². The number of carbonyl (C=O) groups excluding carboxylic acids is 2. The van der Waals surface area contributed by atoms with Gasteiger partial charge in [-0.1, -0.05) is 22.9 Å². The van der Waals surface area contributed by atoms with Crippen molar-refractivity contribution >= 4 is 28.4 Å². The van der Waals surface area contributed by atoms with Crippen molar-refractivity contribution in [1.29, 1.82) is 0 Å². The maximum Gasteiger partial charge on any atom is 0.256 e. The van der Waals surface area contributed by atoms with Crippen molar-refractivity contribution in [2.45, 2.75) is 40.0 Å². The van der Waals surface area contributed by atoms with Gasteiger partial charge in [-0.2, -0.15) is 0 Å². The molecular formula is C33H33N5O3. The van der Waals surface area contributed by atoms with Gasteiger partial charge in [0, 0.05) is 48.9 Å². The second kappa shape index (κ2) is 12.1. The highest BCUT2D eigenvalue weighted by molar-refractivity contribution is 6.13. The molecule has 208 valence electrons. The summed E-state index contributed by atoms with van der Waals surface area (Å²) >= 11 is 0. The van der Waals surface area contributed by atoms with Crippen molar-refractivity contribution in [2.24, 2.45) is 0 Å². The van der Waals surface area contributed by atoms with E-state index >= 15 is 0 Å². The highest BCUT2D eigenvalue weighted by atomic mass is 16.5. The number of rotatable bonds is 9. The van der Waals surface area contributed by atoms with Crippen LogP contribution in [0.2, 0.25) is 0 Å². The van der Waals surface area contributed by atoms with Crippen LogP contribution in [0.3, 0.4) is 0 Å². The first-order chi connectivity index (χ1) is 19.8. The van der Waals surface area contributed by atoms with Gasteiger partial charge in [-0.3, -0.25) is 14.6 Å². The second-order valence-corrected chi connectivity index (χ2v) is 10.4. The Morgan fingerprint density at radius 1 is 0.927 bits per heavy atom. The van der Waals surface area contributed by atoms with Crippen molar-refractivity contribution < 1.29 is 14.1 Å². The molecule has 0 unspecified atom stereocenters. The van der Waals surface area contributed by atoms with Crippen LogP contribution in [-0.2, 0) is 6.42 Å². The standard InChI is InChI=1S/C33H33N5O3/c1-21-17-22(2)31-27(18-21)28(20-30(36-31)29-10-5-7-15-34-29)32(39)35-25-13-11-24(12-14-25)33(40)38(4)16-8-6-9-26-19-23(3)37-41-26/h5,7,10-15,17-20H,6,8-9,16H2,1-4H3,(H,35,39). The minimum Gasteiger partial charge on any atom is -0.361 e. The molecule has 2 amide bonds. The summed E-state index contributed by atoms with van der Waals surface area (Å²) < 4.78 is 5.25. The van der Waals surface area contributed by atoms with Crippen LogP contribution in [0, 0.1) is 20.8 Å². The van der Waals surface area contributed by atoms with Gasteiger partial charge in [0.15, 0.2) is 0 Å². The largest absolute Gasteiger partial charge is 0.361 e. The normalized spacial score (nSPS) is 11.0. The number of fused-ring (bicyclic) bond motifs is 1. The Bertz CT molecular complexity index is 1690. The van der Waals surface area contributed by atoms with E-state index in [1.807, 2.05) is 51.1 Å². The zero-order valence-corrected chi connectivity index (χ0v) is 23.8. The lowest BCUT2D eigenvalue weighted by atomic mass is 10.00. The SMILES string of the molecule is Cc1cc(C)c2nc(-c3ccccn3)cc(C(=O)Nc3ccc(C(=O)N(C)CCCCc4cc(C)no4)cc3)c2c1. The smallest absolute Gasteiger partial charge is 0.256 e. The van der Waals surface area contributed by atoms with Crippen LogP contribution in [0.5, 0.6) is 0 Å². The molecule has 1 N–H and O–H groups in total. The predicted molar refractivity (Wildman–Crippen MR) is 160 cm³/mol. The lowest BCUT2D eigenvalue weighted by Gasteiger charge is -2.17. The van der Waals surface area contributed by atoms with Crippen molar-refractivity contribution in [3.63, 3.8) is 0 Å². The van der Waals surface area contributed by atoms with Gasteiger partial charge in [-0.25, -0.2) is 4.98 Å². The van der Waals surface area contributed by atoms with E-state index in [-0.39, 0.29) is 11.8 Å². The van der Waals surface area contributed by atoms with Gasteiger partial charge in [0.25, 0.3) is 11.8 Å². The molecule has 3 aromatic heterocycles. The fraction of sp³-hybridized carbons (Fsp3) is 0.242. The Labute approximate surface area is 239 Å². The first-order valence-electron chi connectivity index (χ1n) is 13.7. The number of hydrogen-bond acceptors (Lipinski definition) is 6. The van der Waals surface area contributed by atoms with Crippen molar-refractivity contribution in [1.82, 2.24) is 20.0 Å². The van der Waals surface area contributed by atoms with Crippen molar-refractivity contribution in [3.8, 4) is 11.4 Å². The summed E-state index contributed by atoms with van der Waals surface area (Å²) in [5.74, 6) is 0.550. The van der Waals surface area contributed by atoms with Crippen LogP contribution < -0.4 is 5.32 Å². The second-order valence-electron chi connectivity index (χ2n) is 10.4. The predicted octanol–water partition coefficient (Wildman–Crippen LogP) is 6.56. The molecule has 5 rings (SSSR count). The molecule has 0 fully saturated rings. The monoisotopic (exact) mass is 547 g/mol. The third kappa shape index (κ3) is 6.49. The maximum atomic E-state index is 13.6. The Kier molecular flexibility index (Phi) is 8.19. The number of carbonyl (C=O) groups is 2. The van der Waals surface area contributed by atoms with E-state index in [1.165, 1.54) is 0 Å². The molecule has 8 heteroatoms. The minimum atomic E-state index is -0.252. The number of aromatic nitrogens is 3. The van der Waals surface area contributed by atoms with E-state index in [1.54, 1.807) is 48.5 Å². The third-order valence-electron chi connectivity index (χ3n) is 7.00. The maximum absolute atomic E-state index is 13.6. The number of anilines is 1. The number of nitrogens with one attached hydrogen (secondary N) is 1. The van der Waals surface area contributed by atoms with E-state index < -0.39 is 0 Å². The van der Waals surface area contributed by atoms with E-state index in [0.29, 0.717) is 34.7 Å². The summed E-state index contributed by atoms with van der Waals surface area (Å²) in [7, 11) is 1.80. The highest BCUT2D eigenvalue weighted by Crippen LogP contribution is 2.28. The topological polar surface area (TPSA) is 101 Å². The quantitative estimate of drug-likeness (QED) is 0.210. The first kappa shape index (κ1) is 27.7. The van der Waals surface area contributed by atoms with Gasteiger partial charge < -0.3 is 14.7 Å².